The summed E-state index contributed by atoms with van der Waals surface area (Å²) < 4.78 is 1.78. The van der Waals surface area contributed by atoms with E-state index in [4.69, 9.17) is 0 Å². The van der Waals surface area contributed by atoms with Gasteiger partial charge in [0.1, 0.15) is 0 Å². The van der Waals surface area contributed by atoms with Gasteiger partial charge >= 0.3 is 0 Å². The number of carbonyl (C=O) groups excluding carboxylic acids is 2. The smallest absolute Gasteiger partial charge is 0.259 e. The first kappa shape index (κ1) is 18.9. The van der Waals surface area contributed by atoms with Gasteiger partial charge in [0.15, 0.2) is 0 Å². The summed E-state index contributed by atoms with van der Waals surface area (Å²) in [6.07, 6.45) is 2.13. The summed E-state index contributed by atoms with van der Waals surface area (Å²) in [5.41, 5.74) is 4.23. The van der Waals surface area contributed by atoms with Crippen LogP contribution in [0.4, 0.5) is 5.69 Å². The zero-order valence-electron chi connectivity index (χ0n) is 16.7. The van der Waals surface area contributed by atoms with Gasteiger partial charge in [0.05, 0.1) is 22.6 Å². The van der Waals surface area contributed by atoms with Gasteiger partial charge in [-0.3, -0.25) is 9.59 Å². The Morgan fingerprint density at radius 1 is 0.931 bits per heavy atom. The number of nitrogens with one attached hydrogen (secondary N) is 1. The third kappa shape index (κ3) is 3.78. The van der Waals surface area contributed by atoms with Gasteiger partial charge in [0, 0.05) is 24.3 Å². The quantitative estimate of drug-likeness (QED) is 0.735. The first-order chi connectivity index (χ1) is 14.0. The average Bonchev–Trinajstić information content (AvgIpc) is 3.37. The van der Waals surface area contributed by atoms with Crippen LogP contribution in [0.25, 0.3) is 5.69 Å². The molecule has 6 heteroatoms. The fourth-order valence-corrected chi connectivity index (χ4v) is 3.78. The highest BCUT2D eigenvalue weighted by molar-refractivity contribution is 6.06. The molecule has 0 aliphatic carbocycles. The molecule has 2 aromatic carbocycles. The van der Waals surface area contributed by atoms with Gasteiger partial charge < -0.3 is 10.2 Å². The molecule has 1 saturated heterocycles. The Kier molecular flexibility index (Phi) is 5.16. The highest BCUT2D eigenvalue weighted by Crippen LogP contribution is 2.20. The minimum Gasteiger partial charge on any atom is -0.339 e. The molecule has 1 aromatic heterocycles. The monoisotopic (exact) mass is 388 g/mol. The number of hydrogen-bond acceptors (Lipinski definition) is 3. The summed E-state index contributed by atoms with van der Waals surface area (Å²) in [7, 11) is 0. The van der Waals surface area contributed by atoms with Crippen molar-refractivity contribution in [3.8, 4) is 5.69 Å². The summed E-state index contributed by atoms with van der Waals surface area (Å²) in [6, 6.07) is 16.8. The van der Waals surface area contributed by atoms with Crippen molar-refractivity contribution in [1.82, 2.24) is 14.7 Å². The second-order valence-corrected chi connectivity index (χ2v) is 7.32. The van der Waals surface area contributed by atoms with E-state index in [0.717, 1.165) is 37.3 Å². The third-order valence-electron chi connectivity index (χ3n) is 5.30. The minimum atomic E-state index is -0.208. The van der Waals surface area contributed by atoms with E-state index in [1.165, 1.54) is 0 Å². The van der Waals surface area contributed by atoms with E-state index in [1.54, 1.807) is 28.9 Å². The van der Waals surface area contributed by atoms with Crippen LogP contribution in [0.2, 0.25) is 0 Å². The number of nitrogens with zero attached hydrogens (tertiary/aromatic N) is 3. The highest BCUT2D eigenvalue weighted by atomic mass is 16.2. The Hall–Kier alpha value is -3.41. The number of carbonyl (C=O) groups is 2. The second kappa shape index (κ2) is 7.91. The molecule has 0 bridgehead atoms. The Balaban J connectivity index is 1.51. The summed E-state index contributed by atoms with van der Waals surface area (Å²) in [6.45, 7) is 5.36. The van der Waals surface area contributed by atoms with Crippen molar-refractivity contribution in [3.63, 3.8) is 0 Å². The average molecular weight is 388 g/mol. The molecule has 1 N–H and O–H groups in total. The van der Waals surface area contributed by atoms with Gasteiger partial charge in [0.2, 0.25) is 0 Å². The maximum Gasteiger partial charge on any atom is 0.259 e. The Labute approximate surface area is 170 Å². The molecule has 1 fully saturated rings. The molecular weight excluding hydrogens is 364 g/mol. The van der Waals surface area contributed by atoms with Crippen LogP contribution in [0.1, 0.15) is 44.9 Å². The van der Waals surface area contributed by atoms with Gasteiger partial charge in [0.25, 0.3) is 11.8 Å². The fraction of sp³-hybridized carbons (Fsp3) is 0.261. The second-order valence-electron chi connectivity index (χ2n) is 7.32. The van der Waals surface area contributed by atoms with Crippen LogP contribution in [0.5, 0.6) is 0 Å². The number of hydrogen-bond donors (Lipinski definition) is 1. The van der Waals surface area contributed by atoms with Gasteiger partial charge in [-0.05, 0) is 63.1 Å². The summed E-state index contributed by atoms with van der Waals surface area (Å²) in [5.74, 6) is -0.156. The van der Waals surface area contributed by atoms with Gasteiger partial charge in [-0.25, -0.2) is 4.68 Å². The number of anilines is 1. The minimum absolute atomic E-state index is 0.0520. The van der Waals surface area contributed by atoms with Gasteiger partial charge in [-0.2, -0.15) is 5.10 Å². The fourth-order valence-electron chi connectivity index (χ4n) is 3.78. The number of amides is 2. The summed E-state index contributed by atoms with van der Waals surface area (Å²) >= 11 is 0. The number of likely N-dealkylation sites (tertiary alicyclic amines) is 1. The molecule has 0 unspecified atom stereocenters. The predicted octanol–water partition coefficient (Wildman–Crippen LogP) is 3.98. The van der Waals surface area contributed by atoms with Crippen molar-refractivity contribution in [2.24, 2.45) is 0 Å². The Morgan fingerprint density at radius 2 is 1.59 bits per heavy atom. The lowest BCUT2D eigenvalue weighted by Gasteiger charge is -2.15. The standard InChI is InChI=1S/C23H24N4O2/c1-16-21(17(2)27(25-16)20-8-4-3-5-9-20)22(28)24-19-12-10-18(11-13-19)23(29)26-14-6-7-15-26/h3-5,8-13H,6-7,14-15H2,1-2H3,(H,24,28). The van der Waals surface area contributed by atoms with E-state index in [-0.39, 0.29) is 11.8 Å². The molecule has 3 aromatic rings. The number of aromatic nitrogens is 2. The Morgan fingerprint density at radius 3 is 2.24 bits per heavy atom. The van der Waals surface area contributed by atoms with Crippen LogP contribution < -0.4 is 5.32 Å². The first-order valence-corrected chi connectivity index (χ1v) is 9.87. The molecular formula is C23H24N4O2. The molecule has 0 atom stereocenters. The van der Waals surface area contributed by atoms with E-state index in [1.807, 2.05) is 49.1 Å². The topological polar surface area (TPSA) is 67.2 Å². The van der Waals surface area contributed by atoms with E-state index in [2.05, 4.69) is 10.4 Å². The van der Waals surface area contributed by atoms with Crippen LogP contribution in [-0.2, 0) is 0 Å². The van der Waals surface area contributed by atoms with Gasteiger partial charge in [-0.1, -0.05) is 18.2 Å². The predicted molar refractivity (Wildman–Crippen MR) is 113 cm³/mol. The summed E-state index contributed by atoms with van der Waals surface area (Å²) in [5, 5.41) is 7.45. The highest BCUT2D eigenvalue weighted by Gasteiger charge is 2.21. The van der Waals surface area contributed by atoms with Gasteiger partial charge in [-0.15, -0.1) is 0 Å². The molecule has 29 heavy (non-hydrogen) atoms. The van der Waals surface area contributed by atoms with Crippen molar-refractivity contribution >= 4 is 17.5 Å². The molecule has 2 heterocycles. The lowest BCUT2D eigenvalue weighted by atomic mass is 10.1. The number of benzene rings is 2. The maximum atomic E-state index is 12.9. The molecule has 6 nitrogen and oxygen atoms in total. The molecule has 1 aliphatic heterocycles. The molecule has 2 amide bonds. The Bertz CT molecular complexity index is 1030. The molecule has 148 valence electrons. The molecule has 0 radical (unpaired) electrons. The van der Waals surface area contributed by atoms with Crippen LogP contribution >= 0.6 is 0 Å². The number of aryl methyl sites for hydroxylation is 1. The largest absolute Gasteiger partial charge is 0.339 e. The van der Waals surface area contributed by atoms with Crippen LogP contribution in [0.3, 0.4) is 0 Å². The molecule has 0 spiro atoms. The normalized spacial score (nSPS) is 13.5. The van der Waals surface area contributed by atoms with E-state index < -0.39 is 0 Å². The summed E-state index contributed by atoms with van der Waals surface area (Å²) in [4.78, 5) is 27.2. The van der Waals surface area contributed by atoms with Crippen LogP contribution in [0, 0.1) is 13.8 Å². The van der Waals surface area contributed by atoms with E-state index >= 15 is 0 Å². The van der Waals surface area contributed by atoms with Crippen molar-refractivity contribution in [3.05, 3.63) is 77.1 Å². The van der Waals surface area contributed by atoms with E-state index in [0.29, 0.717) is 22.5 Å². The lowest BCUT2D eigenvalue weighted by molar-refractivity contribution is 0.0792. The number of para-hydroxylation sites is 1. The SMILES string of the molecule is Cc1nn(-c2ccccc2)c(C)c1C(=O)Nc1ccc(C(=O)N2CCCC2)cc1. The first-order valence-electron chi connectivity index (χ1n) is 9.87. The zero-order chi connectivity index (χ0) is 20.4. The van der Waals surface area contributed by atoms with Crippen molar-refractivity contribution in [2.75, 3.05) is 18.4 Å². The molecule has 0 saturated carbocycles. The maximum absolute atomic E-state index is 12.9. The number of rotatable bonds is 4. The van der Waals surface area contributed by atoms with Crippen molar-refractivity contribution in [2.45, 2.75) is 26.7 Å². The lowest BCUT2D eigenvalue weighted by Crippen LogP contribution is -2.27. The molecule has 1 aliphatic rings. The van der Waals surface area contributed by atoms with Crippen molar-refractivity contribution < 1.29 is 9.59 Å². The van der Waals surface area contributed by atoms with Crippen molar-refractivity contribution in [1.29, 1.82) is 0 Å². The van der Waals surface area contributed by atoms with Crippen LogP contribution in [-0.4, -0.2) is 39.6 Å². The third-order valence-corrected chi connectivity index (χ3v) is 5.30. The van der Waals surface area contributed by atoms with E-state index in [9.17, 15) is 9.59 Å². The van der Waals surface area contributed by atoms with Crippen LogP contribution in [0.15, 0.2) is 54.6 Å². The zero-order valence-corrected chi connectivity index (χ0v) is 16.7. The molecule has 4 rings (SSSR count).